The second-order valence-corrected chi connectivity index (χ2v) is 6.55. The lowest BCUT2D eigenvalue weighted by atomic mass is 9.93. The molecular formula is C19H26N4O2. The van der Waals surface area contributed by atoms with E-state index in [1.807, 2.05) is 37.6 Å². The van der Waals surface area contributed by atoms with Crippen LogP contribution in [0.15, 0.2) is 36.7 Å². The summed E-state index contributed by atoms with van der Waals surface area (Å²) >= 11 is 0. The van der Waals surface area contributed by atoms with Crippen molar-refractivity contribution < 1.29 is 9.90 Å². The van der Waals surface area contributed by atoms with Crippen molar-refractivity contribution in [2.45, 2.75) is 31.7 Å². The van der Waals surface area contributed by atoms with Crippen LogP contribution in [0.25, 0.3) is 0 Å². The lowest BCUT2D eigenvalue weighted by molar-refractivity contribution is 0.127. The van der Waals surface area contributed by atoms with Crippen LogP contribution in [0.4, 0.5) is 4.79 Å². The van der Waals surface area contributed by atoms with Crippen LogP contribution in [0, 0.1) is 0 Å². The average Bonchev–Trinajstić information content (AvgIpc) is 3.05. The normalized spacial score (nSPS) is 16.6. The first-order valence-corrected chi connectivity index (χ1v) is 8.89. The van der Waals surface area contributed by atoms with Crippen LogP contribution in [-0.2, 0) is 19.9 Å². The monoisotopic (exact) mass is 342 g/mol. The number of aryl methyl sites for hydroxylation is 2. The number of nitrogens with one attached hydrogen (secondary N) is 1. The van der Waals surface area contributed by atoms with Crippen LogP contribution in [0.1, 0.15) is 35.6 Å². The van der Waals surface area contributed by atoms with Crippen molar-refractivity contribution >= 4 is 6.03 Å². The van der Waals surface area contributed by atoms with Gasteiger partial charge in [-0.3, -0.25) is 4.68 Å². The SMILES string of the molecule is Cn1cc(CCCCNC(=O)N2CCc3ccccc3[C@@H]2CO)cn1. The van der Waals surface area contributed by atoms with Crippen LogP contribution in [0.2, 0.25) is 0 Å². The quantitative estimate of drug-likeness (QED) is 0.789. The Labute approximate surface area is 148 Å². The smallest absolute Gasteiger partial charge is 0.318 e. The van der Waals surface area contributed by atoms with Crippen molar-refractivity contribution in [3.8, 4) is 0 Å². The van der Waals surface area contributed by atoms with Gasteiger partial charge in [-0.25, -0.2) is 4.79 Å². The van der Waals surface area contributed by atoms with Crippen molar-refractivity contribution in [3.05, 3.63) is 53.3 Å². The number of benzene rings is 1. The predicted octanol–water partition coefficient (Wildman–Crippen LogP) is 2.04. The van der Waals surface area contributed by atoms with Gasteiger partial charge in [0.15, 0.2) is 0 Å². The summed E-state index contributed by atoms with van der Waals surface area (Å²) in [6.07, 6.45) is 7.65. The number of hydrogen-bond acceptors (Lipinski definition) is 3. The number of aromatic nitrogens is 2. The number of rotatable bonds is 6. The maximum Gasteiger partial charge on any atom is 0.318 e. The molecule has 25 heavy (non-hydrogen) atoms. The van der Waals surface area contributed by atoms with E-state index in [9.17, 15) is 9.90 Å². The van der Waals surface area contributed by atoms with Crippen molar-refractivity contribution in [3.63, 3.8) is 0 Å². The minimum Gasteiger partial charge on any atom is -0.394 e. The standard InChI is InChI=1S/C19H26N4O2/c1-22-13-15(12-21-22)6-4-5-10-20-19(25)23-11-9-16-7-2-3-8-17(16)18(23)14-24/h2-3,7-8,12-13,18,24H,4-6,9-11,14H2,1H3,(H,20,25)/t18-/m0/s1. The van der Waals surface area contributed by atoms with Gasteiger partial charge < -0.3 is 15.3 Å². The van der Waals surface area contributed by atoms with Crippen LogP contribution in [0.5, 0.6) is 0 Å². The summed E-state index contributed by atoms with van der Waals surface area (Å²) in [5, 5.41) is 16.9. The van der Waals surface area contributed by atoms with E-state index in [-0.39, 0.29) is 18.7 Å². The molecule has 0 aliphatic carbocycles. The molecule has 1 aliphatic heterocycles. The molecule has 1 aliphatic rings. The van der Waals surface area contributed by atoms with E-state index in [4.69, 9.17) is 0 Å². The molecule has 2 heterocycles. The number of aliphatic hydroxyl groups excluding tert-OH is 1. The first-order valence-electron chi connectivity index (χ1n) is 8.89. The van der Waals surface area contributed by atoms with Crippen LogP contribution in [-0.4, -0.2) is 45.5 Å². The Kier molecular flexibility index (Phi) is 5.71. The van der Waals surface area contributed by atoms with Gasteiger partial charge >= 0.3 is 6.03 Å². The highest BCUT2D eigenvalue weighted by Crippen LogP contribution is 2.29. The molecule has 134 valence electrons. The Bertz CT molecular complexity index is 713. The zero-order valence-corrected chi connectivity index (χ0v) is 14.7. The van der Waals surface area contributed by atoms with Gasteiger partial charge in [0.25, 0.3) is 0 Å². The Morgan fingerprint density at radius 2 is 2.20 bits per heavy atom. The molecule has 6 heteroatoms. The number of aliphatic hydroxyl groups is 1. The number of nitrogens with zero attached hydrogens (tertiary/aromatic N) is 3. The average molecular weight is 342 g/mol. The number of unbranched alkanes of at least 4 members (excludes halogenated alkanes) is 1. The van der Waals surface area contributed by atoms with E-state index in [0.717, 1.165) is 31.2 Å². The number of fused-ring (bicyclic) bond motifs is 1. The first kappa shape index (κ1) is 17.5. The molecular weight excluding hydrogens is 316 g/mol. The molecule has 2 amide bonds. The number of urea groups is 1. The molecule has 0 saturated heterocycles. The highest BCUT2D eigenvalue weighted by Gasteiger charge is 2.29. The Balaban J connectivity index is 1.46. The Morgan fingerprint density at radius 1 is 1.36 bits per heavy atom. The molecule has 3 rings (SSSR count). The second kappa shape index (κ2) is 8.16. The molecule has 0 fully saturated rings. The molecule has 0 spiro atoms. The zero-order chi connectivity index (χ0) is 17.6. The van der Waals surface area contributed by atoms with Crippen molar-refractivity contribution in [2.75, 3.05) is 19.7 Å². The predicted molar refractivity (Wildman–Crippen MR) is 96.2 cm³/mol. The molecule has 2 N–H and O–H groups in total. The van der Waals surface area contributed by atoms with E-state index in [1.54, 1.807) is 9.58 Å². The summed E-state index contributed by atoms with van der Waals surface area (Å²) in [6, 6.07) is 7.71. The van der Waals surface area contributed by atoms with Gasteiger partial charge in [0.1, 0.15) is 0 Å². The maximum atomic E-state index is 12.5. The summed E-state index contributed by atoms with van der Waals surface area (Å²) in [5.41, 5.74) is 3.51. The molecule has 0 saturated carbocycles. The van der Waals surface area contributed by atoms with Gasteiger partial charge in [-0.1, -0.05) is 24.3 Å². The van der Waals surface area contributed by atoms with Gasteiger partial charge in [-0.2, -0.15) is 5.10 Å². The third-order valence-corrected chi connectivity index (χ3v) is 4.77. The molecule has 1 aromatic heterocycles. The van der Waals surface area contributed by atoms with Crippen LogP contribution >= 0.6 is 0 Å². The maximum absolute atomic E-state index is 12.5. The van der Waals surface area contributed by atoms with Gasteiger partial charge in [0, 0.05) is 26.3 Å². The third-order valence-electron chi connectivity index (χ3n) is 4.77. The van der Waals surface area contributed by atoms with E-state index in [0.29, 0.717) is 13.1 Å². The highest BCUT2D eigenvalue weighted by atomic mass is 16.3. The van der Waals surface area contributed by atoms with Gasteiger partial charge in [0.05, 0.1) is 18.8 Å². The molecule has 1 atom stereocenters. The van der Waals surface area contributed by atoms with E-state index < -0.39 is 0 Å². The number of hydrogen-bond donors (Lipinski definition) is 2. The number of carbonyl (C=O) groups is 1. The lowest BCUT2D eigenvalue weighted by Gasteiger charge is -2.36. The largest absolute Gasteiger partial charge is 0.394 e. The molecule has 6 nitrogen and oxygen atoms in total. The lowest BCUT2D eigenvalue weighted by Crippen LogP contribution is -2.47. The van der Waals surface area contributed by atoms with Crippen molar-refractivity contribution in [1.29, 1.82) is 0 Å². The molecule has 1 aromatic carbocycles. The summed E-state index contributed by atoms with van der Waals surface area (Å²) in [6.45, 7) is 1.24. The molecule has 2 aromatic rings. The fourth-order valence-corrected chi connectivity index (χ4v) is 3.44. The summed E-state index contributed by atoms with van der Waals surface area (Å²) < 4.78 is 1.81. The summed E-state index contributed by atoms with van der Waals surface area (Å²) in [7, 11) is 1.91. The fourth-order valence-electron chi connectivity index (χ4n) is 3.44. The minimum absolute atomic E-state index is 0.0502. The molecule has 0 bridgehead atoms. The number of carbonyl (C=O) groups excluding carboxylic acids is 1. The van der Waals surface area contributed by atoms with Crippen molar-refractivity contribution in [1.82, 2.24) is 20.0 Å². The Morgan fingerprint density at radius 3 is 2.96 bits per heavy atom. The third kappa shape index (κ3) is 4.20. The van der Waals surface area contributed by atoms with E-state index >= 15 is 0 Å². The first-order chi connectivity index (χ1) is 12.2. The summed E-state index contributed by atoms with van der Waals surface area (Å²) in [4.78, 5) is 14.3. The summed E-state index contributed by atoms with van der Waals surface area (Å²) in [5.74, 6) is 0. The number of amides is 2. The van der Waals surface area contributed by atoms with Gasteiger partial charge in [-0.15, -0.1) is 0 Å². The van der Waals surface area contributed by atoms with Crippen LogP contribution in [0.3, 0.4) is 0 Å². The second-order valence-electron chi connectivity index (χ2n) is 6.55. The van der Waals surface area contributed by atoms with Gasteiger partial charge in [0.2, 0.25) is 0 Å². The highest BCUT2D eigenvalue weighted by molar-refractivity contribution is 5.75. The van der Waals surface area contributed by atoms with Gasteiger partial charge in [-0.05, 0) is 42.4 Å². The molecule has 0 radical (unpaired) electrons. The van der Waals surface area contributed by atoms with E-state index in [2.05, 4.69) is 16.5 Å². The van der Waals surface area contributed by atoms with Crippen molar-refractivity contribution in [2.24, 2.45) is 7.05 Å². The Hall–Kier alpha value is -2.34. The fraction of sp³-hybridized carbons (Fsp3) is 0.474. The minimum atomic E-state index is -0.250. The van der Waals surface area contributed by atoms with Crippen LogP contribution < -0.4 is 5.32 Å². The van der Waals surface area contributed by atoms with E-state index in [1.165, 1.54) is 11.1 Å². The zero-order valence-electron chi connectivity index (χ0n) is 14.7. The molecule has 0 unspecified atom stereocenters. The topological polar surface area (TPSA) is 70.4 Å².